The van der Waals surface area contributed by atoms with Gasteiger partial charge in [-0.05, 0) is 71.2 Å². The van der Waals surface area contributed by atoms with Gasteiger partial charge < -0.3 is 14.4 Å². The molecule has 0 fully saturated rings. The number of rotatable bonds is 13. The van der Waals surface area contributed by atoms with Gasteiger partial charge in [0.2, 0.25) is 0 Å². The van der Waals surface area contributed by atoms with Gasteiger partial charge in [0.05, 0.1) is 11.8 Å². The number of nitrogens with zero attached hydrogens (tertiary/aromatic N) is 5. The molecule has 2 heterocycles. The zero-order chi connectivity index (χ0) is 33.5. The monoisotopic (exact) mass is 653 g/mol. The lowest BCUT2D eigenvalue weighted by atomic mass is 10.1. The second-order valence-corrected chi connectivity index (χ2v) is 13.4. The van der Waals surface area contributed by atoms with E-state index in [0.29, 0.717) is 0 Å². The predicted octanol–water partition coefficient (Wildman–Crippen LogP) is 9.58. The van der Waals surface area contributed by atoms with Gasteiger partial charge in [-0.2, -0.15) is 0 Å². The van der Waals surface area contributed by atoms with Gasteiger partial charge in [-0.25, -0.2) is 9.97 Å². The highest BCUT2D eigenvalue weighted by atomic mass is 15.2. The van der Waals surface area contributed by atoms with Crippen molar-refractivity contribution in [3.8, 4) is 0 Å². The topological polar surface area (TPSA) is 37.2 Å². The van der Waals surface area contributed by atoms with Crippen LogP contribution in [0.2, 0.25) is 0 Å². The van der Waals surface area contributed by atoms with E-state index in [1.54, 1.807) is 0 Å². The van der Waals surface area contributed by atoms with Crippen molar-refractivity contribution in [1.82, 2.24) is 14.5 Å². The number of pyridine rings is 1. The zero-order valence-corrected chi connectivity index (χ0v) is 28.5. The van der Waals surface area contributed by atoms with Crippen LogP contribution in [0, 0.1) is 0 Å². The summed E-state index contributed by atoms with van der Waals surface area (Å²) in [6, 6.07) is 52.1. The Hall–Kier alpha value is -5.68. The number of hydrogen-bond acceptors (Lipinski definition) is 4. The third-order valence-electron chi connectivity index (χ3n) is 9.87. The normalized spacial score (nSPS) is 12.2. The molecule has 0 amide bonds. The summed E-state index contributed by atoms with van der Waals surface area (Å²) in [6.45, 7) is 4.16. The first kappa shape index (κ1) is 31.6. The van der Waals surface area contributed by atoms with Crippen LogP contribution < -0.4 is 9.80 Å². The maximum absolute atomic E-state index is 5.34. The molecule has 0 N–H and O–H groups in total. The van der Waals surface area contributed by atoms with Crippen LogP contribution in [0.5, 0.6) is 0 Å². The number of anilines is 2. The molecule has 248 valence electrons. The number of aromatic nitrogens is 3. The van der Waals surface area contributed by atoms with E-state index in [-0.39, 0.29) is 0 Å². The molecule has 0 saturated carbocycles. The smallest absolute Gasteiger partial charge is 0.157 e. The zero-order valence-electron chi connectivity index (χ0n) is 28.5. The third-order valence-corrected chi connectivity index (χ3v) is 9.87. The fraction of sp³-hybridized carbons (Fsp3) is 0.200. The van der Waals surface area contributed by atoms with Crippen LogP contribution in [0.15, 0.2) is 152 Å². The quantitative estimate of drug-likeness (QED) is 0.124. The van der Waals surface area contributed by atoms with Crippen LogP contribution in [0.1, 0.15) is 45.5 Å². The molecule has 0 bridgehead atoms. The number of benzene rings is 5. The lowest BCUT2D eigenvalue weighted by Gasteiger charge is -2.26. The molecule has 0 radical (unpaired) electrons. The molecule has 50 heavy (non-hydrogen) atoms. The lowest BCUT2D eigenvalue weighted by Crippen LogP contribution is -2.24. The summed E-state index contributed by atoms with van der Waals surface area (Å²) in [5.41, 5.74) is 12.6. The lowest BCUT2D eigenvalue weighted by molar-refractivity contribution is 0.712. The summed E-state index contributed by atoms with van der Waals surface area (Å²) >= 11 is 0. The molecule has 8 rings (SSSR count). The van der Waals surface area contributed by atoms with Crippen molar-refractivity contribution in [1.29, 1.82) is 0 Å². The Morgan fingerprint density at radius 3 is 1.54 bits per heavy atom. The van der Waals surface area contributed by atoms with Crippen molar-refractivity contribution >= 4 is 22.5 Å². The van der Waals surface area contributed by atoms with Crippen LogP contribution in [-0.2, 0) is 52.0 Å². The van der Waals surface area contributed by atoms with Crippen molar-refractivity contribution in [2.24, 2.45) is 0 Å². The molecule has 1 aliphatic rings. The minimum Gasteiger partial charge on any atom is -0.363 e. The summed E-state index contributed by atoms with van der Waals surface area (Å²) in [5.74, 6) is 0.994. The first-order chi connectivity index (χ1) is 24.8. The van der Waals surface area contributed by atoms with Gasteiger partial charge in [-0.3, -0.25) is 0 Å². The van der Waals surface area contributed by atoms with Gasteiger partial charge in [0.1, 0.15) is 5.52 Å². The van der Waals surface area contributed by atoms with Crippen molar-refractivity contribution in [2.75, 3.05) is 9.80 Å². The second kappa shape index (κ2) is 14.8. The van der Waals surface area contributed by atoms with Gasteiger partial charge in [-0.15, -0.1) is 0 Å². The van der Waals surface area contributed by atoms with Gasteiger partial charge >= 0.3 is 0 Å². The Kier molecular flexibility index (Phi) is 9.37. The fourth-order valence-electron chi connectivity index (χ4n) is 7.32. The molecule has 5 nitrogen and oxygen atoms in total. The summed E-state index contributed by atoms with van der Waals surface area (Å²) in [4.78, 5) is 15.3. The van der Waals surface area contributed by atoms with Gasteiger partial charge in [0.25, 0.3) is 0 Å². The van der Waals surface area contributed by atoms with E-state index in [0.717, 1.165) is 69.7 Å². The molecular formula is C45H43N5. The van der Waals surface area contributed by atoms with Crippen molar-refractivity contribution in [2.45, 2.75) is 58.4 Å². The van der Waals surface area contributed by atoms with E-state index >= 15 is 0 Å². The molecule has 0 spiro atoms. The molecule has 0 aliphatic heterocycles. The van der Waals surface area contributed by atoms with Crippen molar-refractivity contribution < 1.29 is 0 Å². The number of aryl methyl sites for hydroxylation is 4. The van der Waals surface area contributed by atoms with E-state index in [9.17, 15) is 0 Å². The van der Waals surface area contributed by atoms with E-state index in [2.05, 4.69) is 160 Å². The average Bonchev–Trinajstić information content (AvgIpc) is 3.82. The van der Waals surface area contributed by atoms with Crippen molar-refractivity contribution in [3.05, 3.63) is 191 Å². The van der Waals surface area contributed by atoms with Gasteiger partial charge in [0, 0.05) is 44.1 Å². The Balaban J connectivity index is 1.06. The Morgan fingerprint density at radius 1 is 0.520 bits per heavy atom. The van der Waals surface area contributed by atoms with Gasteiger partial charge in [-0.1, -0.05) is 133 Å². The Labute approximate surface area is 295 Å². The third kappa shape index (κ3) is 7.18. The highest BCUT2D eigenvalue weighted by Gasteiger charge is 2.25. The maximum atomic E-state index is 5.34. The Bertz CT molecular complexity index is 2040. The van der Waals surface area contributed by atoms with E-state index in [4.69, 9.17) is 9.97 Å². The molecule has 7 aromatic rings. The summed E-state index contributed by atoms with van der Waals surface area (Å²) < 4.78 is 2.39. The molecule has 0 unspecified atom stereocenters. The van der Waals surface area contributed by atoms with Crippen LogP contribution in [0.3, 0.4) is 0 Å². The summed E-state index contributed by atoms with van der Waals surface area (Å²) in [7, 11) is 0. The molecular weight excluding hydrogens is 611 g/mol. The predicted molar refractivity (Wildman–Crippen MR) is 205 cm³/mol. The first-order valence-electron chi connectivity index (χ1n) is 17.9. The fourth-order valence-corrected chi connectivity index (χ4v) is 7.32. The van der Waals surface area contributed by atoms with Crippen LogP contribution in [0.4, 0.5) is 11.5 Å². The highest BCUT2D eigenvalue weighted by molar-refractivity contribution is 5.90. The molecule has 2 aromatic heterocycles. The minimum absolute atomic E-state index is 0.779. The van der Waals surface area contributed by atoms with Crippen LogP contribution >= 0.6 is 0 Å². The molecule has 0 atom stereocenters. The molecule has 1 aliphatic carbocycles. The molecule has 0 saturated heterocycles. The maximum Gasteiger partial charge on any atom is 0.157 e. The largest absolute Gasteiger partial charge is 0.363 e. The number of imidazole rings is 1. The average molecular weight is 654 g/mol. The van der Waals surface area contributed by atoms with E-state index in [1.165, 1.54) is 50.3 Å². The first-order valence-corrected chi connectivity index (χ1v) is 17.9. The van der Waals surface area contributed by atoms with Gasteiger partial charge in [0.15, 0.2) is 5.82 Å². The standard InChI is InChI=1S/C45H43N5/c1-5-14-36(15-6-1)30-49(31-37-16-7-2-8-17-37)40-26-24-35(25-27-40)28-29-48-34-46-43-44(48)41-22-13-23-42(41)47-45(43)50(32-38-18-9-3-10-19-38)33-39-20-11-4-12-21-39/h1-12,14-21,24-27,34H,13,22-23,28-33H2. The Morgan fingerprint density at radius 2 is 1.02 bits per heavy atom. The summed E-state index contributed by atoms with van der Waals surface area (Å²) in [5, 5.41) is 0. The van der Waals surface area contributed by atoms with Crippen LogP contribution in [0.25, 0.3) is 11.0 Å². The second-order valence-electron chi connectivity index (χ2n) is 13.4. The highest BCUT2D eigenvalue weighted by Crippen LogP contribution is 2.35. The van der Waals surface area contributed by atoms with Crippen LogP contribution in [-0.4, -0.2) is 14.5 Å². The molecule has 5 aromatic carbocycles. The molecule has 5 heteroatoms. The SMILES string of the molecule is c1ccc(CN(Cc2ccccc2)c2ccc(CCn3cnc4c(N(Cc5ccccc5)Cc5ccccc5)nc5c(c43)CCC5)cc2)cc1. The minimum atomic E-state index is 0.779. The number of fused-ring (bicyclic) bond motifs is 3. The summed E-state index contributed by atoms with van der Waals surface area (Å²) in [6.07, 6.45) is 6.22. The van der Waals surface area contributed by atoms with E-state index < -0.39 is 0 Å². The van der Waals surface area contributed by atoms with Crippen molar-refractivity contribution in [3.63, 3.8) is 0 Å². The van der Waals surface area contributed by atoms with E-state index in [1.807, 2.05) is 6.33 Å². The number of hydrogen-bond donors (Lipinski definition) is 0.